The van der Waals surface area contributed by atoms with Gasteiger partial charge >= 0.3 is 12.1 Å². The molecule has 3 aromatic rings. The van der Waals surface area contributed by atoms with Gasteiger partial charge in [0.2, 0.25) is 0 Å². The summed E-state index contributed by atoms with van der Waals surface area (Å²) in [6, 6.07) is 19.0. The highest BCUT2D eigenvalue weighted by Gasteiger charge is 2.29. The highest BCUT2D eigenvalue weighted by molar-refractivity contribution is 5.93. The van der Waals surface area contributed by atoms with E-state index in [2.05, 4.69) is 39.9 Å². The normalized spacial score (nSPS) is 12.8. The number of hydrogen-bond donors (Lipinski definition) is 3. The standard InChI is InChI=1S/C27H27N3O5/c1-2-17(12-14-25(31)32)29-26(33)24-13-11-18(15-28-24)30-27(34)35-16-23-21-9-5-3-7-19(21)20-8-4-6-10-22(20)23/h3-11,13,15,17,23H,2,12,14,16H2,1H3,(H,29,33)(H,30,34)(H,31,32). The molecule has 0 aliphatic heterocycles. The lowest BCUT2D eigenvalue weighted by Crippen LogP contribution is -2.35. The molecule has 1 aliphatic rings. The largest absolute Gasteiger partial charge is 0.481 e. The molecule has 8 nitrogen and oxygen atoms in total. The molecular formula is C27H27N3O5. The number of aromatic nitrogens is 1. The van der Waals surface area contributed by atoms with Crippen LogP contribution in [0.25, 0.3) is 11.1 Å². The Bertz CT molecular complexity index is 1180. The fourth-order valence-corrected chi connectivity index (χ4v) is 4.29. The summed E-state index contributed by atoms with van der Waals surface area (Å²) in [6.07, 6.45) is 1.72. The van der Waals surface area contributed by atoms with Crippen molar-refractivity contribution in [3.63, 3.8) is 0 Å². The SMILES string of the molecule is CCC(CCC(=O)O)NC(=O)c1ccc(NC(=O)OCC2c3ccccc3-c3ccccc32)cn1. The van der Waals surface area contributed by atoms with Crippen LogP contribution in [0.15, 0.2) is 66.9 Å². The highest BCUT2D eigenvalue weighted by atomic mass is 16.5. The molecule has 1 aromatic heterocycles. The number of carbonyl (C=O) groups excluding carboxylic acids is 2. The Labute approximate surface area is 203 Å². The van der Waals surface area contributed by atoms with Gasteiger partial charge in [0.1, 0.15) is 12.3 Å². The maximum Gasteiger partial charge on any atom is 0.411 e. The number of benzene rings is 2. The van der Waals surface area contributed by atoms with Crippen LogP contribution in [0.2, 0.25) is 0 Å². The van der Waals surface area contributed by atoms with Crippen LogP contribution in [0.1, 0.15) is 53.7 Å². The molecule has 4 rings (SSSR count). The Balaban J connectivity index is 1.32. The monoisotopic (exact) mass is 473 g/mol. The van der Waals surface area contributed by atoms with Gasteiger partial charge in [0, 0.05) is 18.4 Å². The Hall–Kier alpha value is -4.20. The van der Waals surface area contributed by atoms with E-state index in [4.69, 9.17) is 9.84 Å². The van der Waals surface area contributed by atoms with E-state index in [1.165, 1.54) is 12.3 Å². The predicted molar refractivity (Wildman–Crippen MR) is 131 cm³/mol. The number of pyridine rings is 1. The van der Waals surface area contributed by atoms with Crippen LogP contribution in [0.3, 0.4) is 0 Å². The number of carboxylic acid groups (broad SMARTS) is 1. The zero-order valence-electron chi connectivity index (χ0n) is 19.4. The van der Waals surface area contributed by atoms with Crippen molar-refractivity contribution in [3.8, 4) is 11.1 Å². The van der Waals surface area contributed by atoms with Gasteiger partial charge in [0.15, 0.2) is 0 Å². The van der Waals surface area contributed by atoms with Gasteiger partial charge in [-0.1, -0.05) is 55.5 Å². The highest BCUT2D eigenvalue weighted by Crippen LogP contribution is 2.44. The van der Waals surface area contributed by atoms with Gasteiger partial charge in [0.05, 0.1) is 11.9 Å². The van der Waals surface area contributed by atoms with E-state index in [1.807, 2.05) is 31.2 Å². The topological polar surface area (TPSA) is 118 Å². The van der Waals surface area contributed by atoms with E-state index in [9.17, 15) is 14.4 Å². The van der Waals surface area contributed by atoms with Gasteiger partial charge < -0.3 is 15.2 Å². The molecular weight excluding hydrogens is 446 g/mol. The maximum atomic E-state index is 12.4. The van der Waals surface area contributed by atoms with Gasteiger partial charge in [-0.2, -0.15) is 0 Å². The van der Waals surface area contributed by atoms with Gasteiger partial charge in [-0.15, -0.1) is 0 Å². The lowest BCUT2D eigenvalue weighted by Gasteiger charge is -2.16. The van der Waals surface area contributed by atoms with E-state index in [0.717, 1.165) is 22.3 Å². The van der Waals surface area contributed by atoms with Crippen LogP contribution >= 0.6 is 0 Å². The average molecular weight is 474 g/mol. The second-order valence-corrected chi connectivity index (χ2v) is 8.39. The molecule has 8 heteroatoms. The average Bonchev–Trinajstić information content (AvgIpc) is 3.19. The molecule has 3 N–H and O–H groups in total. The minimum absolute atomic E-state index is 0.0186. The Morgan fingerprint density at radius 3 is 2.23 bits per heavy atom. The number of amides is 2. The van der Waals surface area contributed by atoms with E-state index in [1.54, 1.807) is 6.07 Å². The number of anilines is 1. The lowest BCUT2D eigenvalue weighted by molar-refractivity contribution is -0.137. The summed E-state index contributed by atoms with van der Waals surface area (Å²) in [4.78, 5) is 39.7. The van der Waals surface area contributed by atoms with Gasteiger partial charge in [-0.3, -0.25) is 14.9 Å². The van der Waals surface area contributed by atoms with Gasteiger partial charge in [-0.25, -0.2) is 9.78 Å². The number of rotatable bonds is 9. The quantitative estimate of drug-likeness (QED) is 0.410. The zero-order chi connectivity index (χ0) is 24.8. The second-order valence-electron chi connectivity index (χ2n) is 8.39. The molecule has 1 atom stereocenters. The van der Waals surface area contributed by atoms with Gasteiger partial charge in [0.25, 0.3) is 5.91 Å². The molecule has 180 valence electrons. The van der Waals surface area contributed by atoms with Crippen LogP contribution in [0.4, 0.5) is 10.5 Å². The minimum atomic E-state index is -0.903. The summed E-state index contributed by atoms with van der Waals surface area (Å²) in [5, 5.41) is 14.3. The summed E-state index contributed by atoms with van der Waals surface area (Å²) in [6.45, 7) is 2.07. The number of ether oxygens (including phenoxy) is 1. The fourth-order valence-electron chi connectivity index (χ4n) is 4.29. The number of aliphatic carboxylic acids is 1. The third-order valence-electron chi connectivity index (χ3n) is 6.12. The smallest absolute Gasteiger partial charge is 0.411 e. The lowest BCUT2D eigenvalue weighted by atomic mass is 9.98. The molecule has 0 radical (unpaired) electrons. The summed E-state index contributed by atoms with van der Waals surface area (Å²) in [7, 11) is 0. The van der Waals surface area contributed by atoms with Crippen molar-refractivity contribution in [2.24, 2.45) is 0 Å². The summed E-state index contributed by atoms with van der Waals surface area (Å²) >= 11 is 0. The van der Waals surface area contributed by atoms with Crippen LogP contribution in [-0.4, -0.2) is 40.7 Å². The molecule has 0 saturated heterocycles. The number of carbonyl (C=O) groups is 3. The minimum Gasteiger partial charge on any atom is -0.481 e. The molecule has 2 amide bonds. The van der Waals surface area contributed by atoms with Crippen LogP contribution in [-0.2, 0) is 9.53 Å². The van der Waals surface area contributed by atoms with Crippen molar-refractivity contribution >= 4 is 23.7 Å². The first-order valence-corrected chi connectivity index (χ1v) is 11.6. The number of nitrogens with zero attached hydrogens (tertiary/aromatic N) is 1. The molecule has 1 aliphatic carbocycles. The van der Waals surface area contributed by atoms with Crippen molar-refractivity contribution in [1.82, 2.24) is 10.3 Å². The molecule has 0 bridgehead atoms. The number of hydrogen-bond acceptors (Lipinski definition) is 5. The fraction of sp³-hybridized carbons (Fsp3) is 0.259. The van der Waals surface area contributed by atoms with Crippen molar-refractivity contribution in [2.75, 3.05) is 11.9 Å². The van der Waals surface area contributed by atoms with E-state index in [-0.39, 0.29) is 30.7 Å². The molecule has 1 unspecified atom stereocenters. The first-order valence-electron chi connectivity index (χ1n) is 11.6. The maximum absolute atomic E-state index is 12.4. The zero-order valence-corrected chi connectivity index (χ0v) is 19.4. The van der Waals surface area contributed by atoms with E-state index >= 15 is 0 Å². The molecule has 0 saturated carbocycles. The van der Waals surface area contributed by atoms with Crippen LogP contribution < -0.4 is 10.6 Å². The molecule has 2 aromatic carbocycles. The third-order valence-corrected chi connectivity index (χ3v) is 6.12. The van der Waals surface area contributed by atoms with Gasteiger partial charge in [-0.05, 0) is 47.2 Å². The number of fused-ring (bicyclic) bond motifs is 3. The molecule has 0 spiro atoms. The van der Waals surface area contributed by atoms with Crippen molar-refractivity contribution < 1.29 is 24.2 Å². The van der Waals surface area contributed by atoms with E-state index < -0.39 is 18.0 Å². The Morgan fingerprint density at radius 2 is 1.66 bits per heavy atom. The number of carboxylic acids is 1. The van der Waals surface area contributed by atoms with Crippen molar-refractivity contribution in [1.29, 1.82) is 0 Å². The molecule has 0 fully saturated rings. The Morgan fingerprint density at radius 1 is 1.00 bits per heavy atom. The van der Waals surface area contributed by atoms with Crippen molar-refractivity contribution in [3.05, 3.63) is 83.7 Å². The van der Waals surface area contributed by atoms with Crippen molar-refractivity contribution in [2.45, 2.75) is 38.1 Å². The third kappa shape index (κ3) is 5.66. The summed E-state index contributed by atoms with van der Waals surface area (Å²) in [5.41, 5.74) is 5.15. The summed E-state index contributed by atoms with van der Waals surface area (Å²) in [5.74, 6) is -1.33. The molecule has 35 heavy (non-hydrogen) atoms. The molecule has 1 heterocycles. The first kappa shape index (κ1) is 23.9. The predicted octanol–water partition coefficient (Wildman–Crippen LogP) is 4.82. The second kappa shape index (κ2) is 10.8. The van der Waals surface area contributed by atoms with Crippen LogP contribution in [0, 0.1) is 0 Å². The first-order chi connectivity index (χ1) is 17.0. The number of nitrogens with one attached hydrogen (secondary N) is 2. The summed E-state index contributed by atoms with van der Waals surface area (Å²) < 4.78 is 5.53. The van der Waals surface area contributed by atoms with E-state index in [0.29, 0.717) is 18.5 Å². The Kier molecular flexibility index (Phi) is 7.40. The van der Waals surface area contributed by atoms with Crippen LogP contribution in [0.5, 0.6) is 0 Å².